The fourth-order valence-corrected chi connectivity index (χ4v) is 3.13. The van der Waals surface area contributed by atoms with Gasteiger partial charge in [0, 0.05) is 38.6 Å². The lowest BCUT2D eigenvalue weighted by atomic mass is 9.97. The zero-order valence-electron chi connectivity index (χ0n) is 15.1. The SMILES string of the molecule is COC1COCCC1CNC(=O)NC(CCC(=O)O)Cc1ccccc1. The molecule has 26 heavy (non-hydrogen) atoms. The van der Waals surface area contributed by atoms with Crippen molar-refractivity contribution in [1.82, 2.24) is 10.6 Å². The molecular weight excluding hydrogens is 336 g/mol. The van der Waals surface area contributed by atoms with Crippen LogP contribution in [0.3, 0.4) is 0 Å². The van der Waals surface area contributed by atoms with Gasteiger partial charge in [0.2, 0.25) is 0 Å². The molecular formula is C19H28N2O5. The van der Waals surface area contributed by atoms with Crippen molar-refractivity contribution < 1.29 is 24.2 Å². The summed E-state index contributed by atoms with van der Waals surface area (Å²) in [5.74, 6) is -0.651. The van der Waals surface area contributed by atoms with Gasteiger partial charge < -0.3 is 25.2 Å². The molecule has 1 saturated heterocycles. The van der Waals surface area contributed by atoms with Gasteiger partial charge in [-0.3, -0.25) is 4.79 Å². The van der Waals surface area contributed by atoms with E-state index in [4.69, 9.17) is 14.6 Å². The lowest BCUT2D eigenvalue weighted by Gasteiger charge is -2.30. The van der Waals surface area contributed by atoms with E-state index in [2.05, 4.69) is 10.6 Å². The van der Waals surface area contributed by atoms with E-state index in [1.54, 1.807) is 7.11 Å². The summed E-state index contributed by atoms with van der Waals surface area (Å²) in [6.45, 7) is 1.72. The van der Waals surface area contributed by atoms with Gasteiger partial charge in [0.25, 0.3) is 0 Å². The molecule has 0 bridgehead atoms. The molecule has 3 unspecified atom stereocenters. The number of rotatable bonds is 9. The van der Waals surface area contributed by atoms with Crippen molar-refractivity contribution in [2.24, 2.45) is 5.92 Å². The van der Waals surface area contributed by atoms with E-state index in [1.165, 1.54) is 0 Å². The van der Waals surface area contributed by atoms with Gasteiger partial charge in [-0.1, -0.05) is 30.3 Å². The number of urea groups is 1. The average Bonchev–Trinajstić information content (AvgIpc) is 2.65. The molecule has 1 aliphatic heterocycles. The Morgan fingerprint density at radius 3 is 2.81 bits per heavy atom. The molecule has 1 aromatic rings. The number of aliphatic carboxylic acids is 1. The average molecular weight is 364 g/mol. The van der Waals surface area contributed by atoms with E-state index in [-0.39, 0.29) is 30.5 Å². The van der Waals surface area contributed by atoms with E-state index in [0.717, 1.165) is 12.0 Å². The van der Waals surface area contributed by atoms with Crippen LogP contribution in [-0.4, -0.2) is 56.1 Å². The van der Waals surface area contributed by atoms with E-state index in [9.17, 15) is 9.59 Å². The molecule has 2 rings (SSSR count). The highest BCUT2D eigenvalue weighted by Crippen LogP contribution is 2.17. The maximum absolute atomic E-state index is 12.3. The van der Waals surface area contributed by atoms with Crippen molar-refractivity contribution in [3.05, 3.63) is 35.9 Å². The number of methoxy groups -OCH3 is 1. The molecule has 0 radical (unpaired) electrons. The summed E-state index contributed by atoms with van der Waals surface area (Å²) < 4.78 is 10.8. The number of benzene rings is 1. The number of amides is 2. The molecule has 3 N–H and O–H groups in total. The first-order chi connectivity index (χ1) is 12.6. The largest absolute Gasteiger partial charge is 0.481 e. The molecule has 7 nitrogen and oxygen atoms in total. The van der Waals surface area contributed by atoms with Gasteiger partial charge in [-0.2, -0.15) is 0 Å². The van der Waals surface area contributed by atoms with Crippen LogP contribution >= 0.6 is 0 Å². The minimum absolute atomic E-state index is 0.0174. The summed E-state index contributed by atoms with van der Waals surface area (Å²) in [5, 5.41) is 14.7. The fraction of sp³-hybridized carbons (Fsp3) is 0.579. The lowest BCUT2D eigenvalue weighted by molar-refractivity contribution is -0.137. The van der Waals surface area contributed by atoms with Crippen LogP contribution in [0.2, 0.25) is 0 Å². The smallest absolute Gasteiger partial charge is 0.315 e. The number of carbonyl (C=O) groups is 2. The summed E-state index contributed by atoms with van der Waals surface area (Å²) in [4.78, 5) is 23.2. The van der Waals surface area contributed by atoms with Crippen LogP contribution in [-0.2, 0) is 20.7 Å². The zero-order chi connectivity index (χ0) is 18.8. The van der Waals surface area contributed by atoms with Crippen LogP contribution in [0, 0.1) is 5.92 Å². The van der Waals surface area contributed by atoms with Crippen molar-refractivity contribution in [3.8, 4) is 0 Å². The van der Waals surface area contributed by atoms with Crippen LogP contribution in [0.25, 0.3) is 0 Å². The van der Waals surface area contributed by atoms with E-state index in [0.29, 0.717) is 32.6 Å². The summed E-state index contributed by atoms with van der Waals surface area (Å²) in [5.41, 5.74) is 1.06. The number of hydrogen-bond acceptors (Lipinski definition) is 4. The highest BCUT2D eigenvalue weighted by atomic mass is 16.5. The second-order valence-corrected chi connectivity index (χ2v) is 6.57. The first kappa shape index (κ1) is 20.2. The molecule has 7 heteroatoms. The minimum atomic E-state index is -0.865. The topological polar surface area (TPSA) is 96.9 Å². The third-order valence-corrected chi connectivity index (χ3v) is 4.64. The second kappa shape index (κ2) is 10.8. The second-order valence-electron chi connectivity index (χ2n) is 6.57. The number of hydrogen-bond donors (Lipinski definition) is 3. The van der Waals surface area contributed by atoms with E-state index >= 15 is 0 Å². The monoisotopic (exact) mass is 364 g/mol. The molecule has 0 saturated carbocycles. The summed E-state index contributed by atoms with van der Waals surface area (Å²) in [6.07, 6.45) is 1.82. The predicted molar refractivity (Wildman–Crippen MR) is 97.1 cm³/mol. The Bertz CT molecular complexity index is 566. The van der Waals surface area contributed by atoms with Crippen molar-refractivity contribution in [2.75, 3.05) is 26.9 Å². The number of ether oxygens (including phenoxy) is 2. The summed E-state index contributed by atoms with van der Waals surface area (Å²) in [7, 11) is 1.65. The first-order valence-electron chi connectivity index (χ1n) is 8.99. The Morgan fingerprint density at radius 2 is 2.12 bits per heavy atom. The normalized spacial score (nSPS) is 21.0. The summed E-state index contributed by atoms with van der Waals surface area (Å²) in [6, 6.07) is 9.21. The van der Waals surface area contributed by atoms with Crippen LogP contribution in [0.4, 0.5) is 4.79 Å². The minimum Gasteiger partial charge on any atom is -0.481 e. The molecule has 2 amide bonds. The molecule has 1 aliphatic rings. The Hall–Kier alpha value is -2.12. The lowest BCUT2D eigenvalue weighted by Crippen LogP contribution is -2.47. The molecule has 1 heterocycles. The third kappa shape index (κ3) is 7.01. The highest BCUT2D eigenvalue weighted by molar-refractivity contribution is 5.74. The van der Waals surface area contributed by atoms with Gasteiger partial charge in [0.15, 0.2) is 0 Å². The predicted octanol–water partition coefficient (Wildman–Crippen LogP) is 1.81. The van der Waals surface area contributed by atoms with Gasteiger partial charge >= 0.3 is 12.0 Å². The highest BCUT2D eigenvalue weighted by Gasteiger charge is 2.26. The molecule has 0 aliphatic carbocycles. The van der Waals surface area contributed by atoms with Gasteiger partial charge in [0.05, 0.1) is 12.7 Å². The Labute approximate surface area is 154 Å². The molecule has 1 fully saturated rings. The van der Waals surface area contributed by atoms with Crippen molar-refractivity contribution >= 4 is 12.0 Å². The third-order valence-electron chi connectivity index (χ3n) is 4.64. The standard InChI is InChI=1S/C19H28N2O5/c1-25-17-13-26-10-9-15(17)12-20-19(24)21-16(7-8-18(22)23)11-14-5-3-2-4-6-14/h2-6,15-17H,7-13H2,1H3,(H,22,23)(H2,20,21,24). The van der Waals surface area contributed by atoms with Crippen molar-refractivity contribution in [3.63, 3.8) is 0 Å². The van der Waals surface area contributed by atoms with Crippen LogP contribution < -0.4 is 10.6 Å². The molecule has 3 atom stereocenters. The van der Waals surface area contributed by atoms with Gasteiger partial charge in [-0.05, 0) is 24.8 Å². The number of carboxylic acid groups (broad SMARTS) is 1. The molecule has 0 spiro atoms. The molecule has 0 aromatic heterocycles. The fourth-order valence-electron chi connectivity index (χ4n) is 3.13. The summed E-state index contributed by atoms with van der Waals surface area (Å²) >= 11 is 0. The Morgan fingerprint density at radius 1 is 1.35 bits per heavy atom. The van der Waals surface area contributed by atoms with Crippen LogP contribution in [0.1, 0.15) is 24.8 Å². The van der Waals surface area contributed by atoms with Gasteiger partial charge in [-0.25, -0.2) is 4.79 Å². The maximum Gasteiger partial charge on any atom is 0.315 e. The Kier molecular flexibility index (Phi) is 8.37. The number of carboxylic acids is 1. The Balaban J connectivity index is 1.84. The first-order valence-corrected chi connectivity index (χ1v) is 8.99. The molecule has 144 valence electrons. The van der Waals surface area contributed by atoms with Crippen molar-refractivity contribution in [2.45, 2.75) is 37.8 Å². The van der Waals surface area contributed by atoms with Crippen molar-refractivity contribution in [1.29, 1.82) is 0 Å². The maximum atomic E-state index is 12.3. The quantitative estimate of drug-likeness (QED) is 0.621. The number of carbonyl (C=O) groups excluding carboxylic acids is 1. The van der Waals surface area contributed by atoms with Gasteiger partial charge in [0.1, 0.15) is 0 Å². The van der Waals surface area contributed by atoms with Gasteiger partial charge in [-0.15, -0.1) is 0 Å². The molecule has 1 aromatic carbocycles. The zero-order valence-corrected chi connectivity index (χ0v) is 15.1. The van der Waals surface area contributed by atoms with Crippen LogP contribution in [0.5, 0.6) is 0 Å². The van der Waals surface area contributed by atoms with E-state index in [1.807, 2.05) is 30.3 Å². The number of nitrogens with one attached hydrogen (secondary N) is 2. The van der Waals surface area contributed by atoms with E-state index < -0.39 is 5.97 Å². The van der Waals surface area contributed by atoms with Crippen LogP contribution in [0.15, 0.2) is 30.3 Å².